The molecule has 2 fully saturated rings. The number of benzene rings is 1. The molecule has 1 aromatic heterocycles. The molecule has 1 unspecified atom stereocenters. The summed E-state index contributed by atoms with van der Waals surface area (Å²) in [4.78, 5) is 10.8. The van der Waals surface area contributed by atoms with Crippen molar-refractivity contribution in [3.05, 3.63) is 40.0 Å². The number of hydrogen-bond donors (Lipinski definition) is 2. The summed E-state index contributed by atoms with van der Waals surface area (Å²) in [6.45, 7) is 2.16. The Kier molecular flexibility index (Phi) is 8.53. The van der Waals surface area contributed by atoms with Crippen LogP contribution in [-0.2, 0) is 15.7 Å². The van der Waals surface area contributed by atoms with E-state index in [1.54, 1.807) is 0 Å². The molecule has 0 amide bonds. The second-order valence-corrected chi connectivity index (χ2v) is 9.04. The van der Waals surface area contributed by atoms with Crippen LogP contribution in [0.4, 0.5) is 24.7 Å². The van der Waals surface area contributed by atoms with E-state index in [9.17, 15) is 13.2 Å². The molecule has 2 aliphatic heterocycles. The molecule has 4 rings (SSSR count). The van der Waals surface area contributed by atoms with Crippen molar-refractivity contribution in [2.24, 2.45) is 5.10 Å². The second-order valence-electron chi connectivity index (χ2n) is 7.91. The summed E-state index contributed by atoms with van der Waals surface area (Å²) in [5, 5.41) is 17.0. The van der Waals surface area contributed by atoms with Crippen LogP contribution < -0.4 is 15.6 Å². The highest BCUT2D eigenvalue weighted by molar-refractivity contribution is 7.98. The van der Waals surface area contributed by atoms with Crippen LogP contribution in [0.15, 0.2) is 28.5 Å². The zero-order chi connectivity index (χ0) is 25.7. The highest BCUT2D eigenvalue weighted by atomic mass is 35.5. The second kappa shape index (κ2) is 11.6. The Bertz CT molecular complexity index is 1160. The van der Waals surface area contributed by atoms with Crippen molar-refractivity contribution < 1.29 is 22.6 Å². The summed E-state index contributed by atoms with van der Waals surface area (Å²) in [7, 11) is 0. The average Bonchev–Trinajstić information content (AvgIpc) is 3.39. The van der Waals surface area contributed by atoms with Gasteiger partial charge in [-0.3, -0.25) is 5.43 Å². The highest BCUT2D eigenvalue weighted by Crippen LogP contribution is 2.41. The lowest BCUT2D eigenvalue weighted by Crippen LogP contribution is -2.51. The van der Waals surface area contributed by atoms with E-state index in [-0.39, 0.29) is 35.7 Å². The van der Waals surface area contributed by atoms with Gasteiger partial charge in [0.2, 0.25) is 0 Å². The smallest absolute Gasteiger partial charge is 0.353 e. The van der Waals surface area contributed by atoms with E-state index in [4.69, 9.17) is 26.3 Å². The van der Waals surface area contributed by atoms with Gasteiger partial charge in [-0.1, -0.05) is 35.5 Å². The predicted octanol–water partition coefficient (Wildman–Crippen LogP) is 4.05. The zero-order valence-electron chi connectivity index (χ0n) is 19.2. The van der Waals surface area contributed by atoms with Gasteiger partial charge in [-0.05, 0) is 12.3 Å². The third-order valence-corrected chi connectivity index (χ3v) is 6.40. The number of ether oxygens (including phenoxy) is 2. The Morgan fingerprint density at radius 1 is 1.36 bits per heavy atom. The number of nitrogens with one attached hydrogen (secondary N) is 2. The minimum absolute atomic E-state index is 0.0600. The Morgan fingerprint density at radius 2 is 2.14 bits per heavy atom. The van der Waals surface area contributed by atoms with E-state index < -0.39 is 18.0 Å². The molecule has 2 aliphatic rings. The third kappa shape index (κ3) is 6.01. The van der Waals surface area contributed by atoms with Gasteiger partial charge in [0.25, 0.3) is 0 Å². The molecule has 9 nitrogen and oxygen atoms in total. The van der Waals surface area contributed by atoms with Crippen molar-refractivity contribution in [3.8, 4) is 6.07 Å². The number of nitriles is 1. The summed E-state index contributed by atoms with van der Waals surface area (Å²) in [6.07, 6.45) is -2.34. The molecule has 0 bridgehead atoms. The maximum atomic E-state index is 14.0. The number of nitrogens with zero attached hydrogens (tertiary/aromatic N) is 5. The van der Waals surface area contributed by atoms with Gasteiger partial charge in [0.15, 0.2) is 11.4 Å². The average molecular weight is 542 g/mol. The summed E-state index contributed by atoms with van der Waals surface area (Å²) < 4.78 is 52.5. The van der Waals surface area contributed by atoms with Crippen molar-refractivity contribution in [1.29, 1.82) is 5.26 Å². The lowest BCUT2D eigenvalue weighted by Gasteiger charge is -2.34. The number of aromatic nitrogens is 2. The van der Waals surface area contributed by atoms with Crippen molar-refractivity contribution in [2.45, 2.75) is 30.1 Å². The number of thioether (sulfide) groups is 1. The number of anilines is 2. The minimum atomic E-state index is -4.67. The fourth-order valence-corrected chi connectivity index (χ4v) is 4.62. The lowest BCUT2D eigenvalue weighted by molar-refractivity contribution is -0.141. The van der Waals surface area contributed by atoms with Gasteiger partial charge in [-0.2, -0.15) is 23.5 Å². The number of halogens is 4. The summed E-state index contributed by atoms with van der Waals surface area (Å²) in [5.41, 5.74) is 1.54. The van der Waals surface area contributed by atoms with E-state index in [1.807, 2.05) is 11.2 Å². The first-order chi connectivity index (χ1) is 17.3. The molecule has 1 atom stereocenters. The fourth-order valence-electron chi connectivity index (χ4n) is 4.00. The topological polar surface area (TPSA) is 108 Å². The molecule has 0 spiro atoms. The molecule has 2 N–H and O–H groups in total. The molecule has 14 heteroatoms. The molecule has 2 aromatic rings. The number of rotatable bonds is 7. The molecule has 3 heterocycles. The summed E-state index contributed by atoms with van der Waals surface area (Å²) >= 11 is 7.75. The maximum Gasteiger partial charge on any atom is 0.418 e. The fraction of sp³-hybridized carbons (Fsp3) is 0.455. The van der Waals surface area contributed by atoms with Gasteiger partial charge in [0.1, 0.15) is 11.0 Å². The Labute approximate surface area is 215 Å². The zero-order valence-corrected chi connectivity index (χ0v) is 20.8. The van der Waals surface area contributed by atoms with Gasteiger partial charge in [-0.25, -0.2) is 9.97 Å². The number of hydrazone groups is 1. The third-order valence-electron chi connectivity index (χ3n) is 5.57. The molecular weight excluding hydrogens is 519 g/mol. The normalized spacial score (nSPS) is 19.1. The van der Waals surface area contributed by atoms with Crippen LogP contribution >= 0.6 is 23.4 Å². The Balaban J connectivity index is 1.65. The Hall–Kier alpha value is -2.63. The SMILES string of the molecule is CSc1nc(Cl)c(/C=N/Nc2cccc(C3OCCO3)c2C(F)(F)F)c(N2CCNC(CC#N)C2)n1. The van der Waals surface area contributed by atoms with Crippen molar-refractivity contribution in [3.63, 3.8) is 0 Å². The highest BCUT2D eigenvalue weighted by Gasteiger charge is 2.39. The largest absolute Gasteiger partial charge is 0.418 e. The van der Waals surface area contributed by atoms with E-state index >= 15 is 0 Å². The first-order valence-electron chi connectivity index (χ1n) is 11.0. The maximum absolute atomic E-state index is 14.0. The van der Waals surface area contributed by atoms with Crippen molar-refractivity contribution in [1.82, 2.24) is 15.3 Å². The van der Waals surface area contributed by atoms with Gasteiger partial charge < -0.3 is 19.7 Å². The van der Waals surface area contributed by atoms with Crippen LogP contribution in [0.3, 0.4) is 0 Å². The molecule has 1 aromatic carbocycles. The monoisotopic (exact) mass is 541 g/mol. The van der Waals surface area contributed by atoms with Crippen LogP contribution in [0.2, 0.25) is 5.15 Å². The molecule has 0 radical (unpaired) electrons. The van der Waals surface area contributed by atoms with E-state index in [1.165, 1.54) is 36.2 Å². The van der Waals surface area contributed by atoms with Crippen LogP contribution in [0, 0.1) is 11.3 Å². The summed E-state index contributed by atoms with van der Waals surface area (Å²) in [5.74, 6) is 0.492. The Morgan fingerprint density at radius 3 is 2.83 bits per heavy atom. The number of alkyl halides is 3. The molecule has 0 saturated carbocycles. The van der Waals surface area contributed by atoms with Crippen molar-refractivity contribution >= 4 is 41.1 Å². The first-order valence-corrected chi connectivity index (χ1v) is 12.6. The van der Waals surface area contributed by atoms with Crippen molar-refractivity contribution in [2.75, 3.05) is 49.4 Å². The summed E-state index contributed by atoms with van der Waals surface area (Å²) in [6, 6.07) is 6.16. The van der Waals surface area contributed by atoms with Gasteiger partial charge in [0.05, 0.1) is 48.7 Å². The first kappa shape index (κ1) is 26.4. The number of hydrogen-bond acceptors (Lipinski definition) is 10. The predicted molar refractivity (Wildman–Crippen MR) is 130 cm³/mol. The minimum Gasteiger partial charge on any atom is -0.353 e. The van der Waals surface area contributed by atoms with Crippen LogP contribution in [-0.4, -0.2) is 61.3 Å². The number of piperazine rings is 1. The van der Waals surface area contributed by atoms with Gasteiger partial charge >= 0.3 is 6.18 Å². The standard InChI is InChI=1S/C22H23ClF3N7O2S/c1-36-21-30-18(23)15(19(31-21)33-8-7-28-13(12-33)5-6-27)11-29-32-16-4-2-3-14(17(16)22(24,25)26)20-34-9-10-35-20/h2-4,11,13,20,28,32H,5,7-10,12H2,1H3/b29-11+. The van der Waals surface area contributed by atoms with Crippen LogP contribution in [0.1, 0.15) is 29.4 Å². The van der Waals surface area contributed by atoms with Gasteiger partial charge in [-0.15, -0.1) is 0 Å². The molecule has 36 heavy (non-hydrogen) atoms. The quantitative estimate of drug-likeness (QED) is 0.176. The van der Waals surface area contributed by atoms with Crippen LogP contribution in [0.5, 0.6) is 0 Å². The van der Waals surface area contributed by atoms with E-state index in [2.05, 4.69) is 31.9 Å². The molecular formula is C22H23ClF3N7O2S. The molecule has 192 valence electrons. The van der Waals surface area contributed by atoms with E-state index in [0.717, 1.165) is 0 Å². The molecule has 2 saturated heterocycles. The molecule has 0 aliphatic carbocycles. The van der Waals surface area contributed by atoms with Gasteiger partial charge in [0, 0.05) is 31.2 Å². The lowest BCUT2D eigenvalue weighted by atomic mass is 10.0. The van der Waals surface area contributed by atoms with E-state index in [0.29, 0.717) is 42.6 Å². The van der Waals surface area contributed by atoms with Crippen LogP contribution in [0.25, 0.3) is 0 Å².